The lowest BCUT2D eigenvalue weighted by atomic mass is 9.69. The van der Waals surface area contributed by atoms with Crippen molar-refractivity contribution in [2.24, 2.45) is 0 Å². The molecule has 0 radical (unpaired) electrons. The highest BCUT2D eigenvalue weighted by atomic mass is 16.5. The van der Waals surface area contributed by atoms with Crippen molar-refractivity contribution in [2.75, 3.05) is 11.5 Å². The van der Waals surface area contributed by atoms with E-state index in [0.29, 0.717) is 6.61 Å². The van der Waals surface area contributed by atoms with Crippen LogP contribution >= 0.6 is 0 Å². The van der Waals surface area contributed by atoms with Gasteiger partial charge in [-0.3, -0.25) is 0 Å². The summed E-state index contributed by atoms with van der Waals surface area (Å²) in [4.78, 5) is 2.43. The number of rotatable bonds is 16. The minimum atomic E-state index is -0.374. The monoisotopic (exact) mass is 1000 g/mol. The van der Waals surface area contributed by atoms with Gasteiger partial charge in [0, 0.05) is 38.9 Å². The second kappa shape index (κ2) is 20.8. The van der Waals surface area contributed by atoms with Crippen molar-refractivity contribution in [3.05, 3.63) is 308 Å². The summed E-state index contributed by atoms with van der Waals surface area (Å²) < 4.78 is 8.70. The van der Waals surface area contributed by atoms with Crippen LogP contribution in [0.4, 0.5) is 17.1 Å². The molecule has 78 heavy (non-hydrogen) atoms. The lowest BCUT2D eigenvalue weighted by molar-refractivity contribution is 0.301. The van der Waals surface area contributed by atoms with Crippen molar-refractivity contribution in [2.45, 2.75) is 24.7 Å². The maximum Gasteiger partial charge on any atom is 0.119 e. The first-order valence-corrected chi connectivity index (χ1v) is 27.1. The first-order valence-electron chi connectivity index (χ1n) is 27.1. The maximum absolute atomic E-state index is 6.30. The number of benzene rings is 11. The molecule has 1 unspecified atom stereocenters. The Morgan fingerprint density at radius 3 is 1.47 bits per heavy atom. The van der Waals surface area contributed by atoms with Gasteiger partial charge in [-0.05, 0) is 177 Å². The molecular weight excluding hydrogens is 945 g/mol. The predicted molar refractivity (Wildman–Crippen MR) is 330 cm³/mol. The van der Waals surface area contributed by atoms with Crippen molar-refractivity contribution in [1.82, 2.24) is 4.57 Å². The molecule has 13 rings (SSSR count). The normalized spacial score (nSPS) is 13.5. The zero-order chi connectivity index (χ0) is 52.4. The Morgan fingerprint density at radius 2 is 0.872 bits per heavy atom. The summed E-state index contributed by atoms with van der Waals surface area (Å²) in [5, 5.41) is 2.43. The molecule has 0 aliphatic heterocycles. The van der Waals surface area contributed by atoms with Crippen LogP contribution in [-0.4, -0.2) is 11.2 Å². The molecule has 3 nitrogen and oxygen atoms in total. The first kappa shape index (κ1) is 48.0. The van der Waals surface area contributed by atoms with Gasteiger partial charge in [0.15, 0.2) is 0 Å². The van der Waals surface area contributed by atoms with Gasteiger partial charge in [0.1, 0.15) is 5.75 Å². The Labute approximate surface area is 458 Å². The molecular formula is C75H58N2O. The van der Waals surface area contributed by atoms with E-state index in [0.717, 1.165) is 64.5 Å². The molecule has 0 saturated heterocycles. The second-order valence-electron chi connectivity index (χ2n) is 20.4. The Kier molecular flexibility index (Phi) is 12.8. The number of unbranched alkanes of at least 4 members (excludes halogenated alkanes) is 1. The van der Waals surface area contributed by atoms with Gasteiger partial charge in [-0.2, -0.15) is 0 Å². The van der Waals surface area contributed by atoms with E-state index in [1.807, 2.05) is 24.3 Å². The largest absolute Gasteiger partial charge is 0.494 e. The van der Waals surface area contributed by atoms with Gasteiger partial charge >= 0.3 is 0 Å². The van der Waals surface area contributed by atoms with Gasteiger partial charge in [-0.1, -0.05) is 207 Å². The third kappa shape index (κ3) is 8.79. The molecule has 1 aliphatic carbocycles. The van der Waals surface area contributed by atoms with Crippen LogP contribution in [0.25, 0.3) is 84.2 Å². The molecule has 374 valence electrons. The van der Waals surface area contributed by atoms with E-state index in [1.165, 1.54) is 77.4 Å². The third-order valence-corrected chi connectivity index (χ3v) is 15.9. The average molecular weight is 1000 g/mol. The van der Waals surface area contributed by atoms with Gasteiger partial charge in [-0.25, -0.2) is 0 Å². The highest BCUT2D eigenvalue weighted by Gasteiger charge is 2.44. The molecule has 0 N–H and O–H groups in total. The highest BCUT2D eigenvalue weighted by Crippen LogP contribution is 2.56. The minimum absolute atomic E-state index is 0.374. The quantitative estimate of drug-likeness (QED) is 0.0898. The van der Waals surface area contributed by atoms with Crippen LogP contribution in [-0.2, 0) is 5.41 Å². The lowest BCUT2D eigenvalue weighted by Gasteiger charge is -2.34. The smallest absolute Gasteiger partial charge is 0.119 e. The first-order chi connectivity index (χ1) is 38.6. The van der Waals surface area contributed by atoms with E-state index in [1.54, 1.807) is 0 Å². The zero-order valence-electron chi connectivity index (χ0n) is 43.6. The SMILES string of the molecule is C=Cc1ccc(OCCCCC2(c3ccccc3)c3ccccc3-c3ccc(N(c4ccc(-c5ccccc5)cc4)c4ccc(-c5ccc6c(c5)c5cc(-c7ccc(C=C)cc7)ccc5n6-c5ccccc5)cc4)cc32)cc1. The number of fused-ring (bicyclic) bond motifs is 6. The molecule has 0 amide bonds. The molecule has 0 spiro atoms. The number of nitrogens with zero attached hydrogens (tertiary/aromatic N) is 2. The Morgan fingerprint density at radius 1 is 0.397 bits per heavy atom. The van der Waals surface area contributed by atoms with Crippen molar-refractivity contribution in [1.29, 1.82) is 0 Å². The maximum atomic E-state index is 6.30. The van der Waals surface area contributed by atoms with Crippen LogP contribution in [0.1, 0.15) is 47.1 Å². The summed E-state index contributed by atoms with van der Waals surface area (Å²) in [6.45, 7) is 8.53. The average Bonchev–Trinajstić information content (AvgIpc) is 4.21. The summed E-state index contributed by atoms with van der Waals surface area (Å²) >= 11 is 0. The molecule has 1 aromatic heterocycles. The van der Waals surface area contributed by atoms with E-state index < -0.39 is 0 Å². The van der Waals surface area contributed by atoms with Crippen LogP contribution in [0.2, 0.25) is 0 Å². The summed E-state index contributed by atoms with van der Waals surface area (Å²) in [6, 6.07) is 97.6. The van der Waals surface area contributed by atoms with Gasteiger partial charge in [0.25, 0.3) is 0 Å². The van der Waals surface area contributed by atoms with Gasteiger partial charge in [0.2, 0.25) is 0 Å². The summed E-state index contributed by atoms with van der Waals surface area (Å²) in [5.74, 6) is 0.887. The Hall–Kier alpha value is -9.70. The van der Waals surface area contributed by atoms with Crippen molar-refractivity contribution in [3.63, 3.8) is 0 Å². The molecule has 3 heteroatoms. The second-order valence-corrected chi connectivity index (χ2v) is 20.4. The molecule has 0 bridgehead atoms. The van der Waals surface area contributed by atoms with Crippen LogP contribution in [0.5, 0.6) is 5.75 Å². The fraction of sp³-hybridized carbons (Fsp3) is 0.0667. The number of ether oxygens (including phenoxy) is 1. The number of para-hydroxylation sites is 1. The predicted octanol–water partition coefficient (Wildman–Crippen LogP) is 20.1. The summed E-state index contributed by atoms with van der Waals surface area (Å²) in [7, 11) is 0. The standard InChI is InChI=1S/C75H58N2O/c1-3-53-26-30-57(31-27-53)59-36-46-73-69(50-59)70-51-60(37-47-74(70)77(73)62-22-12-7-13-23-62)58-34-40-64(41-35-58)76(63-38-32-56(33-39-63)55-18-8-5-9-19-55)65-42-45-68-67-24-14-15-25-71(67)75(72(68)52-65,61-20-10-6-11-21-61)48-16-17-49-78-66-43-28-54(4-2)29-44-66/h3-15,18-47,50-52H,1-2,16-17,48-49H2. The van der Waals surface area contributed by atoms with E-state index >= 15 is 0 Å². The van der Waals surface area contributed by atoms with Crippen LogP contribution in [0.15, 0.2) is 280 Å². The number of hydrogen-bond donors (Lipinski definition) is 0. The highest BCUT2D eigenvalue weighted by molar-refractivity contribution is 6.11. The van der Waals surface area contributed by atoms with Gasteiger partial charge in [-0.15, -0.1) is 0 Å². The van der Waals surface area contributed by atoms with E-state index in [2.05, 4.69) is 277 Å². The van der Waals surface area contributed by atoms with E-state index in [4.69, 9.17) is 4.74 Å². The summed E-state index contributed by atoms with van der Waals surface area (Å²) in [6.07, 6.45) is 6.59. The van der Waals surface area contributed by atoms with Gasteiger partial charge < -0.3 is 14.2 Å². The number of aromatic nitrogens is 1. The number of hydrogen-bond acceptors (Lipinski definition) is 2. The minimum Gasteiger partial charge on any atom is -0.494 e. The molecule has 0 saturated carbocycles. The molecule has 0 fully saturated rings. The Balaban J connectivity index is 0.900. The van der Waals surface area contributed by atoms with Crippen molar-refractivity contribution >= 4 is 51.0 Å². The topological polar surface area (TPSA) is 17.4 Å². The molecule has 12 aromatic rings. The lowest BCUT2D eigenvalue weighted by Crippen LogP contribution is -2.27. The van der Waals surface area contributed by atoms with Crippen LogP contribution in [0.3, 0.4) is 0 Å². The molecule has 1 atom stereocenters. The Bertz CT molecular complexity index is 4100. The summed E-state index contributed by atoms with van der Waals surface area (Å²) in [5.41, 5.74) is 22.2. The zero-order valence-corrected chi connectivity index (χ0v) is 43.6. The third-order valence-electron chi connectivity index (χ3n) is 15.9. The van der Waals surface area contributed by atoms with Crippen LogP contribution < -0.4 is 9.64 Å². The number of anilines is 3. The van der Waals surface area contributed by atoms with E-state index in [-0.39, 0.29) is 5.41 Å². The fourth-order valence-corrected chi connectivity index (χ4v) is 12.1. The molecule has 1 aliphatic rings. The fourth-order valence-electron chi connectivity index (χ4n) is 12.1. The van der Waals surface area contributed by atoms with Crippen molar-refractivity contribution < 1.29 is 4.74 Å². The molecule has 1 heterocycles. The van der Waals surface area contributed by atoms with Crippen LogP contribution in [0, 0.1) is 0 Å². The van der Waals surface area contributed by atoms with Gasteiger partial charge in [0.05, 0.1) is 17.6 Å². The van der Waals surface area contributed by atoms with Crippen molar-refractivity contribution in [3.8, 4) is 55.9 Å². The molecule has 11 aromatic carbocycles. The van der Waals surface area contributed by atoms with E-state index in [9.17, 15) is 0 Å².